The van der Waals surface area contributed by atoms with Crippen molar-refractivity contribution in [1.29, 1.82) is 0 Å². The number of rotatable bonds is 3. The van der Waals surface area contributed by atoms with Crippen molar-refractivity contribution in [1.82, 2.24) is 20.8 Å². The highest BCUT2D eigenvalue weighted by atomic mass is 35.5. The molecule has 3 N–H and O–H groups in total. The molecule has 0 aliphatic carbocycles. The van der Waals surface area contributed by atoms with Gasteiger partial charge in [0.05, 0.1) is 6.04 Å². The van der Waals surface area contributed by atoms with Crippen molar-refractivity contribution in [3.05, 3.63) is 40.7 Å². The van der Waals surface area contributed by atoms with E-state index < -0.39 is 0 Å². The van der Waals surface area contributed by atoms with Gasteiger partial charge >= 0.3 is 0 Å². The molecule has 0 spiro atoms. The van der Waals surface area contributed by atoms with Crippen LogP contribution in [0.2, 0.25) is 0 Å². The van der Waals surface area contributed by atoms with E-state index in [2.05, 4.69) is 20.8 Å². The summed E-state index contributed by atoms with van der Waals surface area (Å²) in [5.41, 5.74) is 3.45. The molecule has 0 fully saturated rings. The monoisotopic (exact) mass is 350 g/mol. The molecule has 128 valence electrons. The second-order valence-corrected chi connectivity index (χ2v) is 5.76. The van der Waals surface area contributed by atoms with E-state index >= 15 is 0 Å². The van der Waals surface area contributed by atoms with Crippen LogP contribution in [0.1, 0.15) is 40.3 Å². The van der Waals surface area contributed by atoms with Gasteiger partial charge < -0.3 is 20.1 Å². The quantitative estimate of drug-likeness (QED) is 0.784. The Bertz CT molecular complexity index is 762. The number of carbonyl (C=O) groups is 1. The molecule has 0 radical (unpaired) electrons. The summed E-state index contributed by atoms with van der Waals surface area (Å²) >= 11 is 0. The minimum Gasteiger partial charge on any atom is -0.454 e. The lowest BCUT2D eigenvalue weighted by molar-refractivity contribution is 0.0933. The number of nitrogens with zero attached hydrogens (tertiary/aromatic N) is 1. The van der Waals surface area contributed by atoms with Crippen LogP contribution in [0.25, 0.3) is 0 Å². The van der Waals surface area contributed by atoms with Gasteiger partial charge in [-0.25, -0.2) is 0 Å². The zero-order valence-electron chi connectivity index (χ0n) is 13.2. The van der Waals surface area contributed by atoms with Gasteiger partial charge in [-0.2, -0.15) is 5.10 Å². The molecule has 1 amide bonds. The maximum Gasteiger partial charge on any atom is 0.272 e. The van der Waals surface area contributed by atoms with Gasteiger partial charge in [-0.15, -0.1) is 12.4 Å². The van der Waals surface area contributed by atoms with E-state index in [0.717, 1.165) is 35.5 Å². The Labute approximate surface area is 145 Å². The van der Waals surface area contributed by atoms with Gasteiger partial charge in [0.1, 0.15) is 0 Å². The van der Waals surface area contributed by atoms with Gasteiger partial charge in [-0.3, -0.25) is 9.89 Å². The van der Waals surface area contributed by atoms with Crippen LogP contribution in [0.5, 0.6) is 11.5 Å². The number of aromatic nitrogens is 2. The summed E-state index contributed by atoms with van der Waals surface area (Å²) in [5.74, 6) is 1.28. The summed E-state index contributed by atoms with van der Waals surface area (Å²) in [7, 11) is 0. The summed E-state index contributed by atoms with van der Waals surface area (Å²) in [6.07, 6.45) is 0.868. The van der Waals surface area contributed by atoms with Crippen molar-refractivity contribution in [3.63, 3.8) is 0 Å². The average molecular weight is 351 g/mol. The number of fused-ring (bicyclic) bond motifs is 2. The Balaban J connectivity index is 0.00000169. The van der Waals surface area contributed by atoms with E-state index in [1.807, 2.05) is 25.1 Å². The second kappa shape index (κ2) is 6.70. The van der Waals surface area contributed by atoms with E-state index in [1.54, 1.807) is 0 Å². The number of ether oxygens (including phenoxy) is 2. The van der Waals surface area contributed by atoms with Crippen molar-refractivity contribution < 1.29 is 14.3 Å². The fourth-order valence-corrected chi connectivity index (χ4v) is 2.94. The highest BCUT2D eigenvalue weighted by molar-refractivity contribution is 5.94. The fourth-order valence-electron chi connectivity index (χ4n) is 2.94. The van der Waals surface area contributed by atoms with Gasteiger partial charge in [0.15, 0.2) is 17.2 Å². The molecule has 24 heavy (non-hydrogen) atoms. The number of nitrogens with one attached hydrogen (secondary N) is 3. The summed E-state index contributed by atoms with van der Waals surface area (Å²) in [6, 6.07) is 5.54. The zero-order chi connectivity index (χ0) is 15.8. The first kappa shape index (κ1) is 16.6. The number of benzene rings is 1. The summed E-state index contributed by atoms with van der Waals surface area (Å²) in [4.78, 5) is 12.5. The van der Waals surface area contributed by atoms with Gasteiger partial charge in [-0.1, -0.05) is 6.07 Å². The third-order valence-electron chi connectivity index (χ3n) is 4.27. The number of carbonyl (C=O) groups excluding carboxylic acids is 1. The zero-order valence-corrected chi connectivity index (χ0v) is 14.0. The molecule has 0 saturated carbocycles. The molecule has 1 unspecified atom stereocenters. The number of hydrogen-bond acceptors (Lipinski definition) is 5. The van der Waals surface area contributed by atoms with Crippen LogP contribution in [-0.4, -0.2) is 29.4 Å². The Kier molecular flexibility index (Phi) is 4.64. The third-order valence-corrected chi connectivity index (χ3v) is 4.27. The molecular formula is C16H19ClN4O3. The minimum atomic E-state index is -0.170. The van der Waals surface area contributed by atoms with Gasteiger partial charge in [0.25, 0.3) is 5.91 Å². The van der Waals surface area contributed by atoms with Crippen molar-refractivity contribution in [2.24, 2.45) is 0 Å². The first-order valence-corrected chi connectivity index (χ1v) is 7.69. The lowest BCUT2D eigenvalue weighted by Gasteiger charge is -2.16. The van der Waals surface area contributed by atoms with Crippen LogP contribution >= 0.6 is 12.4 Å². The number of hydrogen-bond donors (Lipinski definition) is 3. The van der Waals surface area contributed by atoms with Gasteiger partial charge in [0.2, 0.25) is 6.79 Å². The SMILES string of the molecule is CC(NC(=O)c1n[nH]c2c1CNCC2)c1ccc2c(c1)OCO2.Cl. The second-order valence-electron chi connectivity index (χ2n) is 5.76. The molecule has 1 atom stereocenters. The fraction of sp³-hybridized carbons (Fsp3) is 0.375. The Morgan fingerprint density at radius 2 is 2.17 bits per heavy atom. The smallest absolute Gasteiger partial charge is 0.272 e. The molecule has 7 nitrogen and oxygen atoms in total. The highest BCUT2D eigenvalue weighted by Crippen LogP contribution is 2.34. The number of H-pyrrole nitrogens is 1. The van der Waals surface area contributed by atoms with Crippen molar-refractivity contribution in [3.8, 4) is 11.5 Å². The normalized spacial score (nSPS) is 16.0. The third kappa shape index (κ3) is 2.92. The van der Waals surface area contributed by atoms with Crippen LogP contribution in [-0.2, 0) is 13.0 Å². The summed E-state index contributed by atoms with van der Waals surface area (Å²) < 4.78 is 10.7. The molecule has 1 aromatic carbocycles. The standard InChI is InChI=1S/C16H18N4O3.ClH/c1-9(10-2-3-13-14(6-10)23-8-22-13)18-16(21)15-11-7-17-5-4-12(11)19-20-15;/h2-3,6,9,17H,4-5,7-8H2,1H3,(H,18,21)(H,19,20);1H. The molecule has 4 rings (SSSR count). The van der Waals surface area contributed by atoms with Crippen LogP contribution in [0.4, 0.5) is 0 Å². The predicted octanol–water partition coefficient (Wildman–Crippen LogP) is 1.70. The van der Waals surface area contributed by atoms with Crippen molar-refractivity contribution in [2.75, 3.05) is 13.3 Å². The topological polar surface area (TPSA) is 88.3 Å². The van der Waals surface area contributed by atoms with Crippen LogP contribution in [0.3, 0.4) is 0 Å². The predicted molar refractivity (Wildman–Crippen MR) is 89.7 cm³/mol. The van der Waals surface area contributed by atoms with E-state index in [1.165, 1.54) is 0 Å². The number of aromatic amines is 1. The van der Waals surface area contributed by atoms with Crippen molar-refractivity contribution in [2.45, 2.75) is 25.9 Å². The van der Waals surface area contributed by atoms with Crippen LogP contribution in [0.15, 0.2) is 18.2 Å². The lowest BCUT2D eigenvalue weighted by Crippen LogP contribution is -2.30. The Hall–Kier alpha value is -2.25. The minimum absolute atomic E-state index is 0. The maximum atomic E-state index is 12.5. The molecule has 3 heterocycles. The molecule has 2 aromatic rings. The Morgan fingerprint density at radius 1 is 1.33 bits per heavy atom. The van der Waals surface area contributed by atoms with Gasteiger partial charge in [-0.05, 0) is 24.6 Å². The first-order valence-electron chi connectivity index (χ1n) is 7.69. The number of halogens is 1. The van der Waals surface area contributed by atoms with Crippen LogP contribution in [0, 0.1) is 0 Å². The Morgan fingerprint density at radius 3 is 3.04 bits per heavy atom. The molecule has 8 heteroatoms. The van der Waals surface area contributed by atoms with Gasteiger partial charge in [0, 0.05) is 30.8 Å². The average Bonchev–Trinajstić information content (AvgIpc) is 3.20. The first-order chi connectivity index (χ1) is 11.2. The maximum absolute atomic E-state index is 12.5. The van der Waals surface area contributed by atoms with Crippen molar-refractivity contribution >= 4 is 18.3 Å². The summed E-state index contributed by atoms with van der Waals surface area (Å²) in [6.45, 7) is 3.76. The largest absolute Gasteiger partial charge is 0.454 e. The molecule has 0 bridgehead atoms. The van der Waals surface area contributed by atoms with E-state index in [0.29, 0.717) is 18.0 Å². The highest BCUT2D eigenvalue weighted by Gasteiger charge is 2.23. The summed E-state index contributed by atoms with van der Waals surface area (Å²) in [5, 5.41) is 13.4. The van der Waals surface area contributed by atoms with E-state index in [4.69, 9.17) is 9.47 Å². The molecule has 2 aliphatic heterocycles. The number of amides is 1. The van der Waals surface area contributed by atoms with E-state index in [9.17, 15) is 4.79 Å². The molecular weight excluding hydrogens is 332 g/mol. The lowest BCUT2D eigenvalue weighted by atomic mass is 10.1. The van der Waals surface area contributed by atoms with Crippen LogP contribution < -0.4 is 20.1 Å². The molecule has 2 aliphatic rings. The molecule has 0 saturated heterocycles. The van der Waals surface area contributed by atoms with E-state index in [-0.39, 0.29) is 31.1 Å². The molecule has 1 aromatic heterocycles.